The van der Waals surface area contributed by atoms with Crippen LogP contribution in [0.1, 0.15) is 11.1 Å². The molecule has 0 aliphatic carbocycles. The van der Waals surface area contributed by atoms with Gasteiger partial charge in [0.2, 0.25) is 10.0 Å². The highest BCUT2D eigenvalue weighted by atomic mass is 32.2. The number of hydrogen-bond acceptors (Lipinski definition) is 4. The van der Waals surface area contributed by atoms with Crippen LogP contribution >= 0.6 is 0 Å². The molecule has 2 aromatic rings. The van der Waals surface area contributed by atoms with E-state index in [1.54, 1.807) is 24.5 Å². The van der Waals surface area contributed by atoms with Gasteiger partial charge in [0.25, 0.3) is 0 Å². The van der Waals surface area contributed by atoms with E-state index in [0.29, 0.717) is 6.54 Å². The Kier molecular flexibility index (Phi) is 3.82. The number of nitrogens with two attached hydrogens (primary N) is 1. The zero-order chi connectivity index (χ0) is 13.9. The number of sulfonamides is 1. The summed E-state index contributed by atoms with van der Waals surface area (Å²) < 4.78 is 22.2. The summed E-state index contributed by atoms with van der Waals surface area (Å²) in [6.45, 7) is 2.65. The molecule has 1 aromatic heterocycles. The van der Waals surface area contributed by atoms with E-state index in [1.165, 1.54) is 12.1 Å². The molecule has 0 aliphatic heterocycles. The quantitative estimate of drug-likeness (QED) is 0.889. The van der Waals surface area contributed by atoms with E-state index in [1.807, 2.05) is 13.0 Å². The Bertz CT molecular complexity index is 667. The molecule has 0 unspecified atom stereocenters. The van der Waals surface area contributed by atoms with Crippen LogP contribution in [-0.2, 0) is 16.6 Å². The molecule has 0 spiro atoms. The van der Waals surface area contributed by atoms with E-state index < -0.39 is 10.0 Å². The standard InChI is InChI=1S/C13H15N3O2S/c1-10-8-15-7-6-11(10)9-16-12-2-4-13(5-3-12)19(14,17)18/h2-8,16H,9H2,1H3,(H2,14,17,18). The molecular weight excluding hydrogens is 262 g/mol. The summed E-state index contributed by atoms with van der Waals surface area (Å²) >= 11 is 0. The Labute approximate surface area is 112 Å². The maximum absolute atomic E-state index is 11.1. The molecule has 0 fully saturated rings. The molecule has 0 aliphatic rings. The minimum absolute atomic E-state index is 0.109. The van der Waals surface area contributed by atoms with Gasteiger partial charge in [-0.2, -0.15) is 0 Å². The van der Waals surface area contributed by atoms with Crippen molar-refractivity contribution < 1.29 is 8.42 Å². The van der Waals surface area contributed by atoms with Crippen LogP contribution in [0.15, 0.2) is 47.6 Å². The fourth-order valence-corrected chi connectivity index (χ4v) is 2.18. The second-order valence-electron chi connectivity index (χ2n) is 4.23. The second kappa shape index (κ2) is 5.38. The third-order valence-corrected chi connectivity index (χ3v) is 3.73. The first-order valence-corrected chi connectivity index (χ1v) is 7.28. The predicted octanol–water partition coefficient (Wildman–Crippen LogP) is 1.65. The second-order valence-corrected chi connectivity index (χ2v) is 5.79. The molecule has 0 bridgehead atoms. The van der Waals surface area contributed by atoms with Crippen molar-refractivity contribution in [1.82, 2.24) is 4.98 Å². The molecule has 0 saturated carbocycles. The fourth-order valence-electron chi connectivity index (χ4n) is 1.66. The molecule has 6 heteroatoms. The largest absolute Gasteiger partial charge is 0.381 e. The molecule has 2 rings (SSSR count). The van der Waals surface area contributed by atoms with Gasteiger partial charge in [-0.1, -0.05) is 0 Å². The first kappa shape index (κ1) is 13.5. The minimum atomic E-state index is -3.63. The van der Waals surface area contributed by atoms with Crippen LogP contribution in [0.4, 0.5) is 5.69 Å². The van der Waals surface area contributed by atoms with Gasteiger partial charge in [-0.15, -0.1) is 0 Å². The predicted molar refractivity (Wildman–Crippen MR) is 74.1 cm³/mol. The Morgan fingerprint density at radius 2 is 1.89 bits per heavy atom. The van der Waals surface area contributed by atoms with Gasteiger partial charge in [-0.25, -0.2) is 13.6 Å². The zero-order valence-corrected chi connectivity index (χ0v) is 11.3. The van der Waals surface area contributed by atoms with E-state index >= 15 is 0 Å². The fraction of sp³-hybridized carbons (Fsp3) is 0.154. The van der Waals surface area contributed by atoms with Gasteiger partial charge < -0.3 is 5.32 Å². The first-order chi connectivity index (χ1) is 8.97. The number of nitrogens with zero attached hydrogens (tertiary/aromatic N) is 1. The lowest BCUT2D eigenvalue weighted by Gasteiger charge is -2.09. The van der Waals surface area contributed by atoms with Crippen LogP contribution in [0.3, 0.4) is 0 Å². The Hall–Kier alpha value is -1.92. The molecule has 1 heterocycles. The number of aromatic nitrogens is 1. The van der Waals surface area contributed by atoms with Gasteiger partial charge in [0.1, 0.15) is 0 Å². The Balaban J connectivity index is 2.07. The highest BCUT2D eigenvalue weighted by molar-refractivity contribution is 7.89. The third-order valence-electron chi connectivity index (χ3n) is 2.80. The van der Waals surface area contributed by atoms with Gasteiger partial charge in [-0.05, 0) is 48.4 Å². The van der Waals surface area contributed by atoms with Crippen LogP contribution < -0.4 is 10.5 Å². The van der Waals surface area contributed by atoms with Crippen molar-refractivity contribution in [3.8, 4) is 0 Å². The maximum Gasteiger partial charge on any atom is 0.238 e. The number of nitrogens with one attached hydrogen (secondary N) is 1. The van der Waals surface area contributed by atoms with Gasteiger partial charge in [-0.3, -0.25) is 4.98 Å². The number of primary sulfonamides is 1. The molecule has 0 saturated heterocycles. The summed E-state index contributed by atoms with van der Waals surface area (Å²) in [4.78, 5) is 4.14. The maximum atomic E-state index is 11.1. The summed E-state index contributed by atoms with van der Waals surface area (Å²) in [5.74, 6) is 0. The van der Waals surface area contributed by atoms with Crippen molar-refractivity contribution >= 4 is 15.7 Å². The van der Waals surface area contributed by atoms with Crippen LogP contribution in [-0.4, -0.2) is 13.4 Å². The van der Waals surface area contributed by atoms with Gasteiger partial charge in [0.05, 0.1) is 4.90 Å². The molecule has 1 aromatic carbocycles. The third kappa shape index (κ3) is 3.52. The Morgan fingerprint density at radius 3 is 2.47 bits per heavy atom. The van der Waals surface area contributed by atoms with E-state index in [4.69, 9.17) is 5.14 Å². The molecule has 0 atom stereocenters. The molecule has 3 N–H and O–H groups in total. The van der Waals surface area contributed by atoms with Crippen LogP contribution in [0.25, 0.3) is 0 Å². The summed E-state index contributed by atoms with van der Waals surface area (Å²) in [7, 11) is -3.63. The topological polar surface area (TPSA) is 85.1 Å². The number of rotatable bonds is 4. The number of hydrogen-bond donors (Lipinski definition) is 2. The van der Waals surface area contributed by atoms with Crippen molar-refractivity contribution in [1.29, 1.82) is 0 Å². The molecule has 100 valence electrons. The van der Waals surface area contributed by atoms with E-state index in [0.717, 1.165) is 16.8 Å². The summed E-state index contributed by atoms with van der Waals surface area (Å²) in [5.41, 5.74) is 3.09. The molecule has 19 heavy (non-hydrogen) atoms. The average molecular weight is 277 g/mol. The molecule has 0 radical (unpaired) electrons. The van der Waals surface area contributed by atoms with Crippen LogP contribution in [0.5, 0.6) is 0 Å². The lowest BCUT2D eigenvalue weighted by atomic mass is 10.1. The lowest BCUT2D eigenvalue weighted by molar-refractivity contribution is 0.598. The summed E-state index contributed by atoms with van der Waals surface area (Å²) in [6.07, 6.45) is 3.55. The number of anilines is 1. The lowest BCUT2D eigenvalue weighted by Crippen LogP contribution is -2.12. The van der Waals surface area contributed by atoms with Crippen LogP contribution in [0.2, 0.25) is 0 Å². The van der Waals surface area contributed by atoms with E-state index in [2.05, 4.69) is 10.3 Å². The highest BCUT2D eigenvalue weighted by Crippen LogP contribution is 2.14. The normalized spacial score (nSPS) is 11.3. The van der Waals surface area contributed by atoms with Crippen molar-refractivity contribution in [2.75, 3.05) is 5.32 Å². The molecule has 5 nitrogen and oxygen atoms in total. The SMILES string of the molecule is Cc1cnccc1CNc1ccc(S(N)(=O)=O)cc1. The van der Waals surface area contributed by atoms with E-state index in [-0.39, 0.29) is 4.90 Å². The van der Waals surface area contributed by atoms with Crippen LogP contribution in [0, 0.1) is 6.92 Å². The Morgan fingerprint density at radius 1 is 1.21 bits per heavy atom. The minimum Gasteiger partial charge on any atom is -0.381 e. The highest BCUT2D eigenvalue weighted by Gasteiger charge is 2.06. The van der Waals surface area contributed by atoms with Crippen molar-refractivity contribution in [2.45, 2.75) is 18.4 Å². The first-order valence-electron chi connectivity index (χ1n) is 5.73. The monoisotopic (exact) mass is 277 g/mol. The van der Waals surface area contributed by atoms with Crippen molar-refractivity contribution in [2.24, 2.45) is 5.14 Å². The molecular formula is C13H15N3O2S. The van der Waals surface area contributed by atoms with E-state index in [9.17, 15) is 8.42 Å². The number of aryl methyl sites for hydroxylation is 1. The summed E-state index contributed by atoms with van der Waals surface area (Å²) in [6, 6.07) is 8.29. The van der Waals surface area contributed by atoms with Gasteiger partial charge >= 0.3 is 0 Å². The van der Waals surface area contributed by atoms with Gasteiger partial charge in [0.15, 0.2) is 0 Å². The summed E-state index contributed by atoms with van der Waals surface area (Å²) in [5, 5.41) is 8.25. The number of benzene rings is 1. The number of pyridine rings is 1. The van der Waals surface area contributed by atoms with Crippen molar-refractivity contribution in [3.05, 3.63) is 53.9 Å². The molecule has 0 amide bonds. The zero-order valence-electron chi connectivity index (χ0n) is 10.5. The average Bonchev–Trinajstić information content (AvgIpc) is 2.37. The van der Waals surface area contributed by atoms with Crippen molar-refractivity contribution in [3.63, 3.8) is 0 Å². The smallest absolute Gasteiger partial charge is 0.238 e. The van der Waals surface area contributed by atoms with Gasteiger partial charge in [0, 0.05) is 24.6 Å².